The van der Waals surface area contributed by atoms with Gasteiger partial charge in [0.2, 0.25) is 0 Å². The lowest BCUT2D eigenvalue weighted by molar-refractivity contribution is 0.0392. The van der Waals surface area contributed by atoms with E-state index in [0.29, 0.717) is 18.7 Å². The van der Waals surface area contributed by atoms with Crippen LogP contribution in [0.25, 0.3) is 0 Å². The molecule has 1 aromatic carbocycles. The van der Waals surface area contributed by atoms with E-state index >= 15 is 0 Å². The lowest BCUT2D eigenvalue weighted by Gasteiger charge is -2.34. The van der Waals surface area contributed by atoms with Crippen LogP contribution in [0.2, 0.25) is 0 Å². The molecule has 0 aliphatic carbocycles. The van der Waals surface area contributed by atoms with E-state index in [9.17, 15) is 8.78 Å². The van der Waals surface area contributed by atoms with E-state index in [1.54, 1.807) is 12.3 Å². The predicted octanol–water partition coefficient (Wildman–Crippen LogP) is 2.94. The first-order valence-electron chi connectivity index (χ1n) is 6.46. The van der Waals surface area contributed by atoms with Crippen molar-refractivity contribution < 1.29 is 13.5 Å². The molecule has 5 heteroatoms. The highest BCUT2D eigenvalue weighted by Crippen LogP contribution is 2.25. The fraction of sp³-hybridized carbons (Fsp3) is 0.267. The zero-order valence-electron chi connectivity index (χ0n) is 10.8. The zero-order chi connectivity index (χ0) is 13.9. The topological polar surface area (TPSA) is 25.4 Å². The van der Waals surface area contributed by atoms with E-state index in [0.717, 1.165) is 18.4 Å². The number of benzene rings is 1. The van der Waals surface area contributed by atoms with Gasteiger partial charge in [-0.05, 0) is 29.8 Å². The third-order valence-electron chi connectivity index (χ3n) is 3.36. The monoisotopic (exact) mass is 276 g/mol. The van der Waals surface area contributed by atoms with Gasteiger partial charge in [-0.15, -0.1) is 0 Å². The summed E-state index contributed by atoms with van der Waals surface area (Å²) in [5.74, 6) is -0.824. The molecule has 1 aromatic heterocycles. The number of rotatable bonds is 2. The van der Waals surface area contributed by atoms with Crippen molar-refractivity contribution >= 4 is 5.82 Å². The van der Waals surface area contributed by atoms with Crippen molar-refractivity contribution in [3.8, 4) is 0 Å². The Morgan fingerprint density at radius 2 is 2.05 bits per heavy atom. The van der Waals surface area contributed by atoms with Gasteiger partial charge < -0.3 is 9.64 Å². The number of pyridine rings is 1. The van der Waals surface area contributed by atoms with Gasteiger partial charge in [-0.25, -0.2) is 13.8 Å². The van der Waals surface area contributed by atoms with Gasteiger partial charge in [0.1, 0.15) is 11.9 Å². The Morgan fingerprint density at radius 3 is 2.80 bits per heavy atom. The number of morpholine rings is 1. The lowest BCUT2D eigenvalue weighted by Crippen LogP contribution is -2.38. The summed E-state index contributed by atoms with van der Waals surface area (Å²) in [6, 6.07) is 9.59. The number of hydrogen-bond donors (Lipinski definition) is 0. The van der Waals surface area contributed by atoms with Crippen LogP contribution in [0.15, 0.2) is 42.6 Å². The van der Waals surface area contributed by atoms with E-state index in [1.165, 1.54) is 6.07 Å². The molecule has 1 aliphatic heterocycles. The van der Waals surface area contributed by atoms with Gasteiger partial charge in [0.15, 0.2) is 11.6 Å². The number of nitrogens with zero attached hydrogens (tertiary/aromatic N) is 2. The maximum absolute atomic E-state index is 13.3. The quantitative estimate of drug-likeness (QED) is 0.843. The Hall–Kier alpha value is -2.01. The lowest BCUT2D eigenvalue weighted by atomic mass is 10.1. The number of aromatic nitrogens is 1. The average Bonchev–Trinajstić information content (AvgIpc) is 2.51. The second-order valence-electron chi connectivity index (χ2n) is 4.67. The molecule has 1 saturated heterocycles. The standard InChI is InChI=1S/C15H14F2N2O/c16-12-5-4-11(9-13(12)17)14-10-19(7-8-20-14)15-3-1-2-6-18-15/h1-6,9,14H,7-8,10H2. The van der Waals surface area contributed by atoms with E-state index in [-0.39, 0.29) is 6.10 Å². The third-order valence-corrected chi connectivity index (χ3v) is 3.36. The van der Waals surface area contributed by atoms with Crippen LogP contribution in [0.5, 0.6) is 0 Å². The van der Waals surface area contributed by atoms with Crippen LogP contribution < -0.4 is 4.90 Å². The molecule has 20 heavy (non-hydrogen) atoms. The highest BCUT2D eigenvalue weighted by Gasteiger charge is 2.23. The molecule has 0 amide bonds. The van der Waals surface area contributed by atoms with Gasteiger partial charge in [-0.1, -0.05) is 12.1 Å². The van der Waals surface area contributed by atoms with Crippen molar-refractivity contribution in [2.24, 2.45) is 0 Å². The van der Waals surface area contributed by atoms with Gasteiger partial charge in [-0.2, -0.15) is 0 Å². The Kier molecular flexibility index (Phi) is 3.60. The van der Waals surface area contributed by atoms with Crippen LogP contribution in [0.4, 0.5) is 14.6 Å². The first kappa shape index (κ1) is 13.0. The van der Waals surface area contributed by atoms with Crippen molar-refractivity contribution in [3.05, 3.63) is 59.8 Å². The summed E-state index contributed by atoms with van der Waals surface area (Å²) in [7, 11) is 0. The number of anilines is 1. The van der Waals surface area contributed by atoms with Gasteiger partial charge in [0.25, 0.3) is 0 Å². The minimum absolute atomic E-state index is 0.277. The van der Waals surface area contributed by atoms with Crippen molar-refractivity contribution in [1.82, 2.24) is 4.98 Å². The molecule has 3 rings (SSSR count). The van der Waals surface area contributed by atoms with Crippen molar-refractivity contribution in [1.29, 1.82) is 0 Å². The summed E-state index contributed by atoms with van der Waals surface area (Å²) in [5.41, 5.74) is 0.643. The number of ether oxygens (including phenoxy) is 1. The molecule has 0 radical (unpaired) electrons. The largest absolute Gasteiger partial charge is 0.370 e. The van der Waals surface area contributed by atoms with E-state index < -0.39 is 11.6 Å². The fourth-order valence-electron chi connectivity index (χ4n) is 2.31. The zero-order valence-corrected chi connectivity index (χ0v) is 10.8. The van der Waals surface area contributed by atoms with Crippen LogP contribution >= 0.6 is 0 Å². The summed E-state index contributed by atoms with van der Waals surface area (Å²) in [4.78, 5) is 6.38. The third kappa shape index (κ3) is 2.63. The maximum atomic E-state index is 13.3. The molecule has 1 fully saturated rings. The summed E-state index contributed by atoms with van der Waals surface area (Å²) in [6.45, 7) is 1.83. The SMILES string of the molecule is Fc1ccc(C2CN(c3ccccn3)CCO2)cc1F. The fourth-order valence-corrected chi connectivity index (χ4v) is 2.31. The average molecular weight is 276 g/mol. The smallest absolute Gasteiger partial charge is 0.159 e. The summed E-state index contributed by atoms with van der Waals surface area (Å²) >= 11 is 0. The molecule has 2 aromatic rings. The Bertz CT molecular complexity index is 592. The van der Waals surface area contributed by atoms with Crippen LogP contribution in [0, 0.1) is 11.6 Å². The highest BCUT2D eigenvalue weighted by molar-refractivity contribution is 5.39. The Labute approximate surface area is 115 Å². The van der Waals surface area contributed by atoms with Gasteiger partial charge >= 0.3 is 0 Å². The Balaban J connectivity index is 1.79. The van der Waals surface area contributed by atoms with Crippen LogP contribution in [-0.2, 0) is 4.74 Å². The molecular weight excluding hydrogens is 262 g/mol. The first-order valence-corrected chi connectivity index (χ1v) is 6.46. The molecule has 0 N–H and O–H groups in total. The molecule has 0 saturated carbocycles. The van der Waals surface area contributed by atoms with Crippen molar-refractivity contribution in [2.45, 2.75) is 6.10 Å². The van der Waals surface area contributed by atoms with E-state index in [2.05, 4.69) is 9.88 Å². The van der Waals surface area contributed by atoms with Crippen LogP contribution in [0.1, 0.15) is 11.7 Å². The van der Waals surface area contributed by atoms with E-state index in [4.69, 9.17) is 4.74 Å². The van der Waals surface area contributed by atoms with Gasteiger partial charge in [0, 0.05) is 19.3 Å². The van der Waals surface area contributed by atoms with Crippen LogP contribution in [0.3, 0.4) is 0 Å². The number of halogens is 2. The first-order chi connectivity index (χ1) is 9.74. The molecule has 3 nitrogen and oxygen atoms in total. The summed E-state index contributed by atoms with van der Waals surface area (Å²) in [5, 5.41) is 0. The summed E-state index contributed by atoms with van der Waals surface area (Å²) < 4.78 is 31.9. The summed E-state index contributed by atoms with van der Waals surface area (Å²) in [6.07, 6.45) is 1.46. The molecule has 1 aliphatic rings. The highest BCUT2D eigenvalue weighted by atomic mass is 19.2. The molecule has 1 unspecified atom stereocenters. The molecule has 0 spiro atoms. The maximum Gasteiger partial charge on any atom is 0.159 e. The van der Waals surface area contributed by atoms with Gasteiger partial charge in [0.05, 0.1) is 6.61 Å². The number of hydrogen-bond acceptors (Lipinski definition) is 3. The molecule has 2 heterocycles. The van der Waals surface area contributed by atoms with Crippen molar-refractivity contribution in [3.63, 3.8) is 0 Å². The molecule has 104 valence electrons. The minimum atomic E-state index is -0.846. The molecular formula is C15H14F2N2O. The second kappa shape index (κ2) is 5.54. The second-order valence-corrected chi connectivity index (χ2v) is 4.67. The van der Waals surface area contributed by atoms with Gasteiger partial charge in [-0.3, -0.25) is 0 Å². The Morgan fingerprint density at radius 1 is 1.15 bits per heavy atom. The van der Waals surface area contributed by atoms with Crippen LogP contribution in [-0.4, -0.2) is 24.7 Å². The van der Waals surface area contributed by atoms with Crippen molar-refractivity contribution in [2.75, 3.05) is 24.6 Å². The molecule has 0 bridgehead atoms. The van der Waals surface area contributed by atoms with E-state index in [1.807, 2.05) is 18.2 Å². The molecule has 1 atom stereocenters. The minimum Gasteiger partial charge on any atom is -0.370 e. The predicted molar refractivity (Wildman–Crippen MR) is 71.5 cm³/mol. The normalized spacial score (nSPS) is 19.1.